The molecule has 1 aliphatic heterocycles. The maximum absolute atomic E-state index is 13.4. The normalized spacial score (nSPS) is 24.2. The molecular weight excluding hydrogens is 392 g/mol. The Labute approximate surface area is 179 Å². The van der Waals surface area contributed by atoms with E-state index >= 15 is 0 Å². The van der Waals surface area contributed by atoms with Crippen molar-refractivity contribution in [2.45, 2.75) is 43.6 Å². The SMILES string of the molecule is Cc1ccc2c(c1)N(C)C(=O)[C@@]21C[C@H]1c1cn(C)c(=O)c2[nH]c(C(=O)NC3CC3)cc12. The Morgan fingerprint density at radius 1 is 1.19 bits per heavy atom. The third-order valence-corrected chi connectivity index (χ3v) is 7.17. The minimum atomic E-state index is -0.587. The van der Waals surface area contributed by atoms with Crippen molar-refractivity contribution in [3.8, 4) is 0 Å². The van der Waals surface area contributed by atoms with E-state index in [-0.39, 0.29) is 29.3 Å². The molecule has 2 fully saturated rings. The Kier molecular flexibility index (Phi) is 3.49. The number of nitrogens with one attached hydrogen (secondary N) is 2. The molecule has 3 aromatic rings. The summed E-state index contributed by atoms with van der Waals surface area (Å²) in [5.74, 6) is -0.118. The number of likely N-dealkylation sites (N-methyl/N-ethyl adjacent to an activating group) is 1. The number of aromatic nitrogens is 2. The summed E-state index contributed by atoms with van der Waals surface area (Å²) in [6, 6.07) is 8.19. The molecule has 3 aliphatic rings. The summed E-state index contributed by atoms with van der Waals surface area (Å²) >= 11 is 0. The average molecular weight is 416 g/mol. The fourth-order valence-corrected chi connectivity index (χ4v) is 5.25. The number of anilines is 1. The summed E-state index contributed by atoms with van der Waals surface area (Å²) in [4.78, 5) is 43.5. The number of nitrogens with zero attached hydrogens (tertiary/aromatic N) is 2. The number of hydrogen-bond acceptors (Lipinski definition) is 3. The fourth-order valence-electron chi connectivity index (χ4n) is 5.25. The van der Waals surface area contributed by atoms with Gasteiger partial charge in [0.25, 0.3) is 11.5 Å². The lowest BCUT2D eigenvalue weighted by molar-refractivity contribution is -0.120. The Hall–Kier alpha value is -3.35. The number of amides is 2. The molecule has 6 rings (SSSR count). The van der Waals surface area contributed by atoms with Crippen molar-refractivity contribution in [1.82, 2.24) is 14.9 Å². The Balaban J connectivity index is 1.48. The Morgan fingerprint density at radius 3 is 2.71 bits per heavy atom. The number of H-pyrrole nitrogens is 1. The highest BCUT2D eigenvalue weighted by Crippen LogP contribution is 2.66. The van der Waals surface area contributed by atoms with Crippen molar-refractivity contribution in [3.63, 3.8) is 0 Å². The van der Waals surface area contributed by atoms with E-state index < -0.39 is 5.41 Å². The van der Waals surface area contributed by atoms with Gasteiger partial charge in [-0.3, -0.25) is 14.4 Å². The zero-order valence-corrected chi connectivity index (χ0v) is 17.8. The summed E-state index contributed by atoms with van der Waals surface area (Å²) in [7, 11) is 3.54. The molecule has 0 radical (unpaired) electrons. The zero-order valence-electron chi connectivity index (χ0n) is 17.8. The van der Waals surface area contributed by atoms with E-state index in [9.17, 15) is 14.4 Å². The third kappa shape index (κ3) is 2.43. The van der Waals surface area contributed by atoms with E-state index in [1.165, 1.54) is 0 Å². The van der Waals surface area contributed by atoms with Crippen LogP contribution in [-0.4, -0.2) is 34.5 Å². The van der Waals surface area contributed by atoms with Gasteiger partial charge >= 0.3 is 0 Å². The molecule has 158 valence electrons. The van der Waals surface area contributed by atoms with Gasteiger partial charge in [0.2, 0.25) is 5.91 Å². The summed E-state index contributed by atoms with van der Waals surface area (Å²) in [6.07, 6.45) is 4.53. The van der Waals surface area contributed by atoms with Gasteiger partial charge < -0.3 is 19.8 Å². The number of aryl methyl sites for hydroxylation is 2. The van der Waals surface area contributed by atoms with Gasteiger partial charge in [-0.2, -0.15) is 0 Å². The van der Waals surface area contributed by atoms with Crippen molar-refractivity contribution >= 4 is 28.4 Å². The molecule has 0 unspecified atom stereocenters. The van der Waals surface area contributed by atoms with E-state index in [1.807, 2.05) is 20.2 Å². The molecule has 2 aliphatic carbocycles. The molecule has 7 heteroatoms. The molecule has 0 saturated heterocycles. The number of carbonyl (C=O) groups excluding carboxylic acids is 2. The number of aromatic amines is 1. The molecule has 2 saturated carbocycles. The fraction of sp³-hybridized carbons (Fsp3) is 0.375. The van der Waals surface area contributed by atoms with Gasteiger partial charge in [-0.05, 0) is 55.0 Å². The Bertz CT molecular complexity index is 1360. The molecule has 2 N–H and O–H groups in total. The molecule has 3 heterocycles. The highest BCUT2D eigenvalue weighted by molar-refractivity contribution is 6.12. The van der Waals surface area contributed by atoms with Crippen LogP contribution < -0.4 is 15.8 Å². The lowest BCUT2D eigenvalue weighted by Gasteiger charge is -2.12. The number of benzene rings is 1. The van der Waals surface area contributed by atoms with Crippen LogP contribution in [0.1, 0.15) is 52.4 Å². The van der Waals surface area contributed by atoms with Gasteiger partial charge in [0.05, 0.1) is 5.41 Å². The lowest BCUT2D eigenvalue weighted by Crippen LogP contribution is -2.29. The summed E-state index contributed by atoms with van der Waals surface area (Å²) in [6.45, 7) is 2.03. The monoisotopic (exact) mass is 416 g/mol. The number of fused-ring (bicyclic) bond motifs is 3. The molecule has 0 bridgehead atoms. The number of hydrogen-bond donors (Lipinski definition) is 2. The highest BCUT2D eigenvalue weighted by atomic mass is 16.2. The van der Waals surface area contributed by atoms with Gasteiger partial charge in [-0.15, -0.1) is 0 Å². The van der Waals surface area contributed by atoms with Gasteiger partial charge in [-0.25, -0.2) is 0 Å². The Morgan fingerprint density at radius 2 is 1.97 bits per heavy atom. The number of pyridine rings is 1. The van der Waals surface area contributed by atoms with E-state index in [4.69, 9.17) is 0 Å². The van der Waals surface area contributed by atoms with E-state index in [2.05, 4.69) is 28.5 Å². The molecule has 2 aromatic heterocycles. The van der Waals surface area contributed by atoms with Crippen LogP contribution in [0.15, 0.2) is 35.3 Å². The van der Waals surface area contributed by atoms with Crippen LogP contribution in [-0.2, 0) is 17.3 Å². The zero-order chi connectivity index (χ0) is 21.7. The average Bonchev–Trinajstić information content (AvgIpc) is 3.64. The maximum Gasteiger partial charge on any atom is 0.274 e. The second-order valence-corrected chi connectivity index (χ2v) is 9.33. The highest BCUT2D eigenvalue weighted by Gasteiger charge is 2.67. The smallest absolute Gasteiger partial charge is 0.274 e. The van der Waals surface area contributed by atoms with Crippen molar-refractivity contribution in [3.05, 3.63) is 63.2 Å². The van der Waals surface area contributed by atoms with Crippen molar-refractivity contribution in [2.24, 2.45) is 7.05 Å². The van der Waals surface area contributed by atoms with Gasteiger partial charge in [0.15, 0.2) is 0 Å². The van der Waals surface area contributed by atoms with Crippen LogP contribution in [0.3, 0.4) is 0 Å². The van der Waals surface area contributed by atoms with Gasteiger partial charge in [0.1, 0.15) is 11.2 Å². The van der Waals surface area contributed by atoms with Crippen LogP contribution >= 0.6 is 0 Å². The molecule has 31 heavy (non-hydrogen) atoms. The first-order valence-electron chi connectivity index (χ1n) is 10.7. The van der Waals surface area contributed by atoms with E-state index in [0.717, 1.165) is 40.6 Å². The molecular formula is C24H24N4O3. The lowest BCUT2D eigenvalue weighted by atomic mass is 9.91. The summed E-state index contributed by atoms with van der Waals surface area (Å²) < 4.78 is 1.54. The number of rotatable bonds is 3. The topological polar surface area (TPSA) is 87.2 Å². The van der Waals surface area contributed by atoms with Crippen molar-refractivity contribution in [1.29, 1.82) is 0 Å². The minimum Gasteiger partial charge on any atom is -0.348 e. The molecule has 7 nitrogen and oxygen atoms in total. The van der Waals surface area contributed by atoms with E-state index in [1.54, 1.807) is 22.6 Å². The van der Waals surface area contributed by atoms with Gasteiger partial charge in [0, 0.05) is 43.3 Å². The second-order valence-electron chi connectivity index (χ2n) is 9.33. The molecule has 1 spiro atoms. The largest absolute Gasteiger partial charge is 0.348 e. The quantitative estimate of drug-likeness (QED) is 0.688. The van der Waals surface area contributed by atoms with Crippen LogP contribution in [0, 0.1) is 6.92 Å². The number of carbonyl (C=O) groups is 2. The predicted molar refractivity (Wildman–Crippen MR) is 118 cm³/mol. The summed E-state index contributed by atoms with van der Waals surface area (Å²) in [5.41, 5.74) is 4.13. The third-order valence-electron chi connectivity index (χ3n) is 7.17. The van der Waals surface area contributed by atoms with Crippen LogP contribution in [0.5, 0.6) is 0 Å². The van der Waals surface area contributed by atoms with Crippen molar-refractivity contribution in [2.75, 3.05) is 11.9 Å². The first-order valence-corrected chi connectivity index (χ1v) is 10.7. The van der Waals surface area contributed by atoms with Crippen LogP contribution in [0.4, 0.5) is 5.69 Å². The molecule has 2 atom stereocenters. The van der Waals surface area contributed by atoms with E-state index in [0.29, 0.717) is 17.6 Å². The van der Waals surface area contributed by atoms with Crippen molar-refractivity contribution < 1.29 is 9.59 Å². The van der Waals surface area contributed by atoms with Crippen LogP contribution in [0.25, 0.3) is 10.9 Å². The molecule has 2 amide bonds. The summed E-state index contributed by atoms with van der Waals surface area (Å²) in [5, 5.41) is 3.71. The second kappa shape index (κ2) is 5.87. The standard InChI is InChI=1S/C24H24N4O3/c1-12-4-7-16-19(8-12)28(3)23(31)24(16)10-17(24)15-11-27(2)22(30)20-14(15)9-18(26-20)21(29)25-13-5-6-13/h4,7-9,11,13,17,26H,5-6,10H2,1-3H3,(H,25,29)/t17-,24-/m0/s1. The first kappa shape index (κ1) is 18.4. The van der Waals surface area contributed by atoms with Gasteiger partial charge in [-0.1, -0.05) is 12.1 Å². The first-order chi connectivity index (χ1) is 14.8. The van der Waals surface area contributed by atoms with Crippen LogP contribution in [0.2, 0.25) is 0 Å². The molecule has 1 aromatic carbocycles. The predicted octanol–water partition coefficient (Wildman–Crippen LogP) is 2.47. The maximum atomic E-state index is 13.4. The minimum absolute atomic E-state index is 0.0316.